The molecule has 0 aliphatic rings. The van der Waals surface area contributed by atoms with Gasteiger partial charge in [0.1, 0.15) is 11.4 Å². The minimum atomic E-state index is -3.81. The molecule has 0 bridgehead atoms. The van der Waals surface area contributed by atoms with Gasteiger partial charge in [0.15, 0.2) is 0 Å². The van der Waals surface area contributed by atoms with Crippen LogP contribution in [0.5, 0.6) is 11.6 Å². The monoisotopic (exact) mass is 443 g/mol. The van der Waals surface area contributed by atoms with Crippen LogP contribution in [0, 0.1) is 0 Å². The number of nitrogens with one attached hydrogen (secondary N) is 1. The summed E-state index contributed by atoms with van der Waals surface area (Å²) < 4.78 is 39.3. The van der Waals surface area contributed by atoms with E-state index in [0.717, 1.165) is 13.0 Å². The van der Waals surface area contributed by atoms with E-state index in [1.54, 1.807) is 24.4 Å². The molecular weight excluding hydrogens is 422 g/mol. The van der Waals surface area contributed by atoms with E-state index in [-0.39, 0.29) is 16.5 Å². The Balaban J connectivity index is 2.20. The lowest BCUT2D eigenvalue weighted by Crippen LogP contribution is -2.17. The number of hydrogen-bond donors (Lipinski definition) is 1. The van der Waals surface area contributed by atoms with E-state index in [0.29, 0.717) is 16.8 Å². The summed E-state index contributed by atoms with van der Waals surface area (Å²) in [7, 11) is 1.63. The van der Waals surface area contributed by atoms with Crippen molar-refractivity contribution in [3.8, 4) is 11.6 Å². The highest BCUT2D eigenvalue weighted by Gasteiger charge is 2.18. The number of hydrogen-bond acceptors (Lipinski definition) is 6. The molecule has 7 nitrogen and oxygen atoms in total. The number of rotatable bonds is 9. The summed E-state index contributed by atoms with van der Waals surface area (Å²) in [5.41, 5.74) is 0.270. The molecule has 2 aromatic rings. The highest BCUT2D eigenvalue weighted by Crippen LogP contribution is 2.28. The molecule has 0 radical (unpaired) electrons. The minimum absolute atomic E-state index is 0.0929. The molecule has 0 saturated carbocycles. The van der Waals surface area contributed by atoms with Crippen LogP contribution in [0.1, 0.15) is 6.42 Å². The summed E-state index contributed by atoms with van der Waals surface area (Å²) in [5, 5.41) is 0. The number of benzene rings is 1. The SMILES string of the molecule is COc1cccc(S(=O)(=O)Nc2cc(Br)cnc2OCCCN(C)C)c1. The second-order valence-corrected chi connectivity index (χ2v) is 8.39. The predicted molar refractivity (Wildman–Crippen MR) is 104 cm³/mol. The molecule has 0 saturated heterocycles. The van der Waals surface area contributed by atoms with Crippen molar-refractivity contribution in [3.63, 3.8) is 0 Å². The number of methoxy groups -OCH3 is 1. The van der Waals surface area contributed by atoms with Gasteiger partial charge in [0.2, 0.25) is 5.88 Å². The number of pyridine rings is 1. The van der Waals surface area contributed by atoms with Crippen molar-refractivity contribution < 1.29 is 17.9 Å². The van der Waals surface area contributed by atoms with Crippen molar-refractivity contribution in [1.29, 1.82) is 0 Å². The Kier molecular flexibility index (Phi) is 7.24. The second-order valence-electron chi connectivity index (χ2n) is 5.80. The van der Waals surface area contributed by atoms with Gasteiger partial charge in [-0.2, -0.15) is 0 Å². The third-order valence-corrected chi connectivity index (χ3v) is 5.20. The lowest BCUT2D eigenvalue weighted by Gasteiger charge is -2.14. The Morgan fingerprint density at radius 2 is 2.04 bits per heavy atom. The number of nitrogens with zero attached hydrogens (tertiary/aromatic N) is 2. The molecule has 1 aromatic carbocycles. The number of ether oxygens (including phenoxy) is 2. The number of anilines is 1. The standard InChI is InChI=1S/C17H22BrN3O4S/c1-21(2)8-5-9-25-17-16(10-13(18)12-19-17)20-26(22,23)15-7-4-6-14(11-15)24-3/h4,6-7,10-12,20H,5,8-9H2,1-3H3. The predicted octanol–water partition coefficient (Wildman–Crippen LogP) is 2.98. The van der Waals surface area contributed by atoms with Crippen LogP contribution in [0.15, 0.2) is 45.9 Å². The summed E-state index contributed by atoms with van der Waals surface area (Å²) in [4.78, 5) is 6.31. The van der Waals surface area contributed by atoms with Crippen molar-refractivity contribution >= 4 is 31.6 Å². The molecule has 2 rings (SSSR count). The molecule has 0 atom stereocenters. The van der Waals surface area contributed by atoms with Crippen molar-refractivity contribution in [2.24, 2.45) is 0 Å². The van der Waals surface area contributed by atoms with Gasteiger partial charge in [-0.25, -0.2) is 13.4 Å². The van der Waals surface area contributed by atoms with Gasteiger partial charge in [0.05, 0.1) is 18.6 Å². The minimum Gasteiger partial charge on any atom is -0.497 e. The zero-order valence-electron chi connectivity index (χ0n) is 14.9. The molecule has 26 heavy (non-hydrogen) atoms. The molecule has 9 heteroatoms. The Hall–Kier alpha value is -1.84. The molecule has 0 fully saturated rings. The summed E-state index contributed by atoms with van der Waals surface area (Å²) in [6.45, 7) is 1.29. The zero-order valence-corrected chi connectivity index (χ0v) is 17.3. The molecule has 0 spiro atoms. The smallest absolute Gasteiger partial charge is 0.262 e. The highest BCUT2D eigenvalue weighted by atomic mass is 79.9. The van der Waals surface area contributed by atoms with E-state index in [4.69, 9.17) is 9.47 Å². The third-order valence-electron chi connectivity index (χ3n) is 3.40. The maximum absolute atomic E-state index is 12.7. The molecule has 0 aliphatic carbocycles. The van der Waals surface area contributed by atoms with Crippen LogP contribution in [0.3, 0.4) is 0 Å². The Morgan fingerprint density at radius 1 is 1.27 bits per heavy atom. The van der Waals surface area contributed by atoms with Crippen LogP contribution in [-0.4, -0.2) is 52.7 Å². The van der Waals surface area contributed by atoms with Crippen LogP contribution in [0.2, 0.25) is 0 Å². The Morgan fingerprint density at radius 3 is 2.73 bits per heavy atom. The maximum Gasteiger partial charge on any atom is 0.262 e. The van der Waals surface area contributed by atoms with E-state index >= 15 is 0 Å². The fraction of sp³-hybridized carbons (Fsp3) is 0.353. The van der Waals surface area contributed by atoms with Gasteiger partial charge in [0.25, 0.3) is 10.0 Å². The largest absolute Gasteiger partial charge is 0.497 e. The lowest BCUT2D eigenvalue weighted by atomic mass is 10.3. The molecule has 142 valence electrons. The van der Waals surface area contributed by atoms with Crippen molar-refractivity contribution in [1.82, 2.24) is 9.88 Å². The van der Waals surface area contributed by atoms with Crippen LogP contribution in [-0.2, 0) is 10.0 Å². The normalized spacial score (nSPS) is 11.4. The molecule has 1 heterocycles. The molecule has 0 aliphatic heterocycles. The maximum atomic E-state index is 12.7. The van der Waals surface area contributed by atoms with E-state index in [1.165, 1.54) is 19.2 Å². The molecule has 0 unspecified atom stereocenters. The van der Waals surface area contributed by atoms with Gasteiger partial charge >= 0.3 is 0 Å². The number of aromatic nitrogens is 1. The van der Waals surface area contributed by atoms with Crippen LogP contribution >= 0.6 is 15.9 Å². The van der Waals surface area contributed by atoms with Gasteiger partial charge < -0.3 is 14.4 Å². The first-order chi connectivity index (χ1) is 12.3. The summed E-state index contributed by atoms with van der Waals surface area (Å²) in [6, 6.07) is 7.86. The molecule has 0 amide bonds. The Labute approximate surface area is 162 Å². The molecule has 1 N–H and O–H groups in total. The van der Waals surface area contributed by atoms with Crippen molar-refractivity contribution in [2.75, 3.05) is 39.1 Å². The average Bonchev–Trinajstić information content (AvgIpc) is 2.60. The summed E-state index contributed by atoms with van der Waals surface area (Å²) >= 11 is 3.30. The summed E-state index contributed by atoms with van der Waals surface area (Å²) in [5.74, 6) is 0.693. The van der Waals surface area contributed by atoms with Crippen molar-refractivity contribution in [2.45, 2.75) is 11.3 Å². The van der Waals surface area contributed by atoms with E-state index < -0.39 is 10.0 Å². The van der Waals surface area contributed by atoms with Gasteiger partial charge in [-0.05, 0) is 54.6 Å². The van der Waals surface area contributed by atoms with Crippen molar-refractivity contribution in [3.05, 3.63) is 41.0 Å². The highest BCUT2D eigenvalue weighted by molar-refractivity contribution is 9.10. The van der Waals surface area contributed by atoms with Crippen LogP contribution < -0.4 is 14.2 Å². The first-order valence-corrected chi connectivity index (χ1v) is 10.2. The number of halogens is 1. The van der Waals surface area contributed by atoms with E-state index in [1.807, 2.05) is 19.0 Å². The molecule has 1 aromatic heterocycles. The third kappa shape index (κ3) is 5.86. The van der Waals surface area contributed by atoms with Gasteiger partial charge in [-0.15, -0.1) is 0 Å². The quantitative estimate of drug-likeness (QED) is 0.599. The fourth-order valence-electron chi connectivity index (χ4n) is 2.14. The summed E-state index contributed by atoms with van der Waals surface area (Å²) in [6.07, 6.45) is 2.36. The lowest BCUT2D eigenvalue weighted by molar-refractivity contribution is 0.274. The Bertz CT molecular complexity index is 844. The average molecular weight is 444 g/mol. The van der Waals surface area contributed by atoms with Gasteiger partial charge in [-0.1, -0.05) is 6.07 Å². The van der Waals surface area contributed by atoms with Crippen LogP contribution in [0.25, 0.3) is 0 Å². The van der Waals surface area contributed by atoms with Crippen LogP contribution in [0.4, 0.5) is 5.69 Å². The van der Waals surface area contributed by atoms with E-state index in [2.05, 4.69) is 25.6 Å². The fourth-order valence-corrected chi connectivity index (χ4v) is 3.55. The zero-order chi connectivity index (χ0) is 19.2. The first-order valence-electron chi connectivity index (χ1n) is 7.92. The van der Waals surface area contributed by atoms with E-state index in [9.17, 15) is 8.42 Å². The number of sulfonamides is 1. The molecular formula is C17H22BrN3O4S. The van der Waals surface area contributed by atoms with Gasteiger partial charge in [-0.3, -0.25) is 4.72 Å². The first kappa shape index (κ1) is 20.5. The second kappa shape index (κ2) is 9.20. The topological polar surface area (TPSA) is 80.8 Å². The van der Waals surface area contributed by atoms with Gasteiger partial charge in [0, 0.05) is 23.3 Å².